The van der Waals surface area contributed by atoms with Crippen LogP contribution in [0.2, 0.25) is 0 Å². The van der Waals surface area contributed by atoms with Gasteiger partial charge in [0, 0.05) is 13.1 Å². The first-order valence-electron chi connectivity index (χ1n) is 9.24. The highest BCUT2D eigenvalue weighted by Crippen LogP contribution is 2.26. The number of hydrogen-bond donors (Lipinski definition) is 1. The molecule has 6 nitrogen and oxygen atoms in total. The summed E-state index contributed by atoms with van der Waals surface area (Å²) >= 11 is 0. The first kappa shape index (κ1) is 18.0. The Morgan fingerprint density at radius 1 is 1.11 bits per heavy atom. The van der Waals surface area contributed by atoms with Crippen molar-refractivity contribution in [1.29, 1.82) is 0 Å². The van der Waals surface area contributed by atoms with E-state index in [0.717, 1.165) is 30.9 Å². The summed E-state index contributed by atoms with van der Waals surface area (Å²) < 4.78 is 5.31. The second-order valence-electron chi connectivity index (χ2n) is 6.86. The molecule has 2 aromatic carbocycles. The van der Waals surface area contributed by atoms with Crippen LogP contribution < -0.4 is 15.0 Å². The molecule has 0 spiro atoms. The normalized spacial score (nSPS) is 13.0. The average Bonchev–Trinajstić information content (AvgIpc) is 2.73. The first-order valence-corrected chi connectivity index (χ1v) is 9.24. The van der Waals surface area contributed by atoms with E-state index in [2.05, 4.69) is 44.5 Å². The molecular weight excluding hydrogens is 352 g/mol. The topological polar surface area (TPSA) is 67.3 Å². The van der Waals surface area contributed by atoms with Gasteiger partial charge in [-0.25, -0.2) is 9.97 Å². The highest BCUT2D eigenvalue weighted by Gasteiger charge is 2.18. The number of anilines is 2. The molecule has 0 atom stereocenters. The molecule has 142 valence electrons. The fraction of sp³-hybridized carbons (Fsp3) is 0.227. The third-order valence-corrected chi connectivity index (χ3v) is 4.93. The fourth-order valence-electron chi connectivity index (χ4n) is 3.40. The van der Waals surface area contributed by atoms with Crippen molar-refractivity contribution in [2.75, 3.05) is 23.9 Å². The van der Waals surface area contributed by atoms with Crippen LogP contribution in [0.1, 0.15) is 27.2 Å². The van der Waals surface area contributed by atoms with E-state index in [1.165, 1.54) is 17.3 Å². The molecule has 3 aromatic rings. The van der Waals surface area contributed by atoms with Crippen LogP contribution in [0.15, 0.2) is 54.9 Å². The number of ether oxygens (including phenoxy) is 1. The highest BCUT2D eigenvalue weighted by molar-refractivity contribution is 6.03. The minimum absolute atomic E-state index is 0.268. The molecule has 1 aromatic heterocycles. The Morgan fingerprint density at radius 3 is 2.68 bits per heavy atom. The number of nitrogens with one attached hydrogen (secondary N) is 1. The monoisotopic (exact) mass is 374 g/mol. The molecule has 0 radical (unpaired) electrons. The Labute approximate surface area is 164 Å². The Balaban J connectivity index is 1.48. The van der Waals surface area contributed by atoms with Gasteiger partial charge in [-0.05, 0) is 42.2 Å². The summed E-state index contributed by atoms with van der Waals surface area (Å²) in [6.45, 7) is 3.65. The van der Waals surface area contributed by atoms with Gasteiger partial charge in [-0.3, -0.25) is 4.79 Å². The van der Waals surface area contributed by atoms with E-state index in [9.17, 15) is 4.79 Å². The first-order chi connectivity index (χ1) is 13.6. The zero-order valence-corrected chi connectivity index (χ0v) is 16.0. The number of aromatic nitrogens is 2. The molecule has 4 rings (SSSR count). The van der Waals surface area contributed by atoms with Gasteiger partial charge in [0.2, 0.25) is 0 Å². The predicted molar refractivity (Wildman–Crippen MR) is 109 cm³/mol. The van der Waals surface area contributed by atoms with Crippen molar-refractivity contribution in [2.45, 2.75) is 19.9 Å². The Hall–Kier alpha value is -3.41. The zero-order valence-electron chi connectivity index (χ0n) is 16.0. The van der Waals surface area contributed by atoms with Gasteiger partial charge in [-0.2, -0.15) is 0 Å². The molecular formula is C22H22N4O2. The zero-order chi connectivity index (χ0) is 19.5. The number of carbonyl (C=O) groups excluding carboxylic acids is 1. The lowest BCUT2D eigenvalue weighted by molar-refractivity contribution is 0.102. The van der Waals surface area contributed by atoms with Crippen molar-refractivity contribution < 1.29 is 9.53 Å². The fourth-order valence-corrected chi connectivity index (χ4v) is 3.40. The van der Waals surface area contributed by atoms with E-state index in [1.807, 2.05) is 25.1 Å². The number of rotatable bonds is 4. The molecule has 0 saturated carbocycles. The molecule has 2 heterocycles. The molecule has 28 heavy (non-hydrogen) atoms. The van der Waals surface area contributed by atoms with Gasteiger partial charge >= 0.3 is 0 Å². The number of carbonyl (C=O) groups is 1. The molecule has 1 aliphatic heterocycles. The van der Waals surface area contributed by atoms with E-state index in [1.54, 1.807) is 13.3 Å². The summed E-state index contributed by atoms with van der Waals surface area (Å²) in [6.07, 6.45) is 4.16. The summed E-state index contributed by atoms with van der Waals surface area (Å²) in [4.78, 5) is 23.5. The summed E-state index contributed by atoms with van der Waals surface area (Å²) in [7, 11) is 1.58. The summed E-state index contributed by atoms with van der Waals surface area (Å²) in [5.41, 5.74) is 4.61. The Kier molecular flexibility index (Phi) is 4.93. The largest absolute Gasteiger partial charge is 0.495 e. The maximum absolute atomic E-state index is 12.6. The maximum Gasteiger partial charge on any atom is 0.275 e. The number of nitrogens with zero attached hydrogens (tertiary/aromatic N) is 3. The lowest BCUT2D eigenvalue weighted by Crippen LogP contribution is -2.31. The number of benzene rings is 2. The highest BCUT2D eigenvalue weighted by atomic mass is 16.5. The molecule has 6 heteroatoms. The quantitative estimate of drug-likeness (QED) is 0.756. The van der Waals surface area contributed by atoms with Gasteiger partial charge in [0.15, 0.2) is 0 Å². The second kappa shape index (κ2) is 7.68. The molecule has 1 amide bonds. The average molecular weight is 374 g/mol. The van der Waals surface area contributed by atoms with Crippen molar-refractivity contribution in [2.24, 2.45) is 0 Å². The molecule has 0 unspecified atom stereocenters. The van der Waals surface area contributed by atoms with Crippen LogP contribution in [0.25, 0.3) is 0 Å². The van der Waals surface area contributed by atoms with Gasteiger partial charge in [0.1, 0.15) is 17.3 Å². The molecule has 0 fully saturated rings. The van der Waals surface area contributed by atoms with Crippen molar-refractivity contribution in [3.8, 4) is 5.75 Å². The summed E-state index contributed by atoms with van der Waals surface area (Å²) in [6, 6.07) is 14.1. The van der Waals surface area contributed by atoms with Crippen LogP contribution in [0, 0.1) is 6.92 Å². The molecule has 0 bridgehead atoms. The van der Waals surface area contributed by atoms with E-state index in [-0.39, 0.29) is 11.6 Å². The number of aryl methyl sites for hydroxylation is 1. The number of methoxy groups -OCH3 is 1. The van der Waals surface area contributed by atoms with Crippen LogP contribution >= 0.6 is 0 Å². The number of fused-ring (bicyclic) bond motifs is 1. The molecule has 1 N–H and O–H groups in total. The lowest BCUT2D eigenvalue weighted by Gasteiger charge is -2.29. The van der Waals surface area contributed by atoms with Gasteiger partial charge in [0.05, 0.1) is 25.2 Å². The molecule has 0 aliphatic carbocycles. The van der Waals surface area contributed by atoms with Gasteiger partial charge < -0.3 is 15.0 Å². The van der Waals surface area contributed by atoms with Gasteiger partial charge in [-0.1, -0.05) is 30.3 Å². The van der Waals surface area contributed by atoms with Gasteiger partial charge in [-0.15, -0.1) is 0 Å². The number of amides is 1. The minimum Gasteiger partial charge on any atom is -0.495 e. The summed E-state index contributed by atoms with van der Waals surface area (Å²) in [5, 5.41) is 2.85. The van der Waals surface area contributed by atoms with E-state index < -0.39 is 0 Å². The Bertz CT molecular complexity index is 1000. The van der Waals surface area contributed by atoms with Crippen LogP contribution in [0.3, 0.4) is 0 Å². The number of hydrogen-bond acceptors (Lipinski definition) is 5. The van der Waals surface area contributed by atoms with Crippen molar-refractivity contribution in [3.05, 3.63) is 77.2 Å². The van der Waals surface area contributed by atoms with Crippen molar-refractivity contribution >= 4 is 17.4 Å². The Morgan fingerprint density at radius 2 is 1.93 bits per heavy atom. The maximum atomic E-state index is 12.6. The standard InChI is InChI=1S/C22H22N4O2/c1-15-7-8-20(28-2)18(11-15)25-22(27)19-12-24-21(13-23-19)26-10-9-16-5-3-4-6-17(16)14-26/h3-8,11-13H,9-10,14H2,1-2H3,(H,25,27). The van der Waals surface area contributed by atoms with E-state index in [0.29, 0.717) is 11.4 Å². The van der Waals surface area contributed by atoms with E-state index >= 15 is 0 Å². The van der Waals surface area contributed by atoms with Crippen molar-refractivity contribution in [1.82, 2.24) is 9.97 Å². The molecule has 0 saturated heterocycles. The third kappa shape index (κ3) is 3.67. The van der Waals surface area contributed by atoms with Gasteiger partial charge in [0.25, 0.3) is 5.91 Å². The van der Waals surface area contributed by atoms with E-state index in [4.69, 9.17) is 4.74 Å². The van der Waals surface area contributed by atoms with Crippen LogP contribution in [-0.2, 0) is 13.0 Å². The SMILES string of the molecule is COc1ccc(C)cc1NC(=O)c1cnc(N2CCc3ccccc3C2)cn1. The smallest absolute Gasteiger partial charge is 0.275 e. The third-order valence-electron chi connectivity index (χ3n) is 4.93. The second-order valence-corrected chi connectivity index (χ2v) is 6.86. The van der Waals surface area contributed by atoms with Crippen LogP contribution in [-0.4, -0.2) is 29.5 Å². The van der Waals surface area contributed by atoms with Crippen LogP contribution in [0.4, 0.5) is 11.5 Å². The minimum atomic E-state index is -0.313. The van der Waals surface area contributed by atoms with Crippen LogP contribution in [0.5, 0.6) is 5.75 Å². The molecule has 1 aliphatic rings. The summed E-state index contributed by atoms with van der Waals surface area (Å²) in [5.74, 6) is 1.07. The lowest BCUT2D eigenvalue weighted by atomic mass is 10.0. The van der Waals surface area contributed by atoms with Crippen molar-refractivity contribution in [3.63, 3.8) is 0 Å². The predicted octanol–water partition coefficient (Wildman–Crippen LogP) is 3.61.